The molecule has 28 heavy (non-hydrogen) atoms. The van der Waals surface area contributed by atoms with Gasteiger partial charge in [0, 0.05) is 10.7 Å². The van der Waals surface area contributed by atoms with Crippen LogP contribution in [0.15, 0.2) is 51.6 Å². The lowest BCUT2D eigenvalue weighted by molar-refractivity contribution is -0.150. The van der Waals surface area contributed by atoms with Gasteiger partial charge in [0.1, 0.15) is 5.60 Å². The summed E-state index contributed by atoms with van der Waals surface area (Å²) in [6, 6.07) is 6.60. The number of hydrogen-bond donors (Lipinski definition) is 1. The summed E-state index contributed by atoms with van der Waals surface area (Å²) in [5, 5.41) is 12.3. The molecule has 1 atom stereocenters. The Hall–Kier alpha value is -2.25. The van der Waals surface area contributed by atoms with Gasteiger partial charge in [0.15, 0.2) is 5.17 Å². The zero-order valence-corrected chi connectivity index (χ0v) is 17.6. The smallest absolute Gasteiger partial charge is 0.338 e. The number of fused-ring (bicyclic) bond motifs is 1. The van der Waals surface area contributed by atoms with Crippen LogP contribution in [0.5, 0.6) is 0 Å². The first-order valence-electron chi connectivity index (χ1n) is 8.72. The van der Waals surface area contributed by atoms with Crippen LogP contribution in [0, 0.1) is 0 Å². The highest BCUT2D eigenvalue weighted by atomic mass is 35.5. The zero-order valence-electron chi connectivity index (χ0n) is 16.0. The Balaban J connectivity index is 2.11. The number of amidine groups is 1. The Morgan fingerprint density at radius 2 is 1.93 bits per heavy atom. The number of allylic oxidation sites excluding steroid dienone is 1. The largest absolute Gasteiger partial charge is 0.481 e. The summed E-state index contributed by atoms with van der Waals surface area (Å²) in [6.07, 6.45) is -0.170. The number of rotatable bonds is 4. The monoisotopic (exact) mass is 420 g/mol. The maximum absolute atomic E-state index is 13.0. The first-order valence-corrected chi connectivity index (χ1v) is 9.97. The molecule has 3 rings (SSSR count). The average Bonchev–Trinajstić information content (AvgIpc) is 2.94. The Labute approximate surface area is 172 Å². The zero-order chi connectivity index (χ0) is 20.6. The van der Waals surface area contributed by atoms with Gasteiger partial charge in [-0.25, -0.2) is 9.79 Å². The van der Waals surface area contributed by atoms with E-state index in [2.05, 4.69) is 4.99 Å². The number of esters is 1. The Morgan fingerprint density at radius 3 is 2.50 bits per heavy atom. The molecule has 2 aliphatic rings. The van der Waals surface area contributed by atoms with E-state index >= 15 is 0 Å². The number of aliphatic carboxylic acids is 1. The molecule has 2 aliphatic heterocycles. The molecule has 0 bridgehead atoms. The fourth-order valence-corrected chi connectivity index (χ4v) is 4.17. The average molecular weight is 421 g/mol. The first-order chi connectivity index (χ1) is 13.1. The van der Waals surface area contributed by atoms with Gasteiger partial charge in [-0.15, -0.1) is 0 Å². The molecule has 1 unspecified atom stereocenters. The van der Waals surface area contributed by atoms with E-state index in [-0.39, 0.29) is 6.42 Å². The van der Waals surface area contributed by atoms with Crippen LogP contribution in [-0.2, 0) is 14.3 Å². The highest BCUT2D eigenvalue weighted by Gasteiger charge is 2.41. The van der Waals surface area contributed by atoms with Gasteiger partial charge in [-0.1, -0.05) is 35.5 Å². The molecule has 0 saturated carbocycles. The number of carboxylic acid groups (broad SMARTS) is 1. The summed E-state index contributed by atoms with van der Waals surface area (Å²) in [7, 11) is 0. The van der Waals surface area contributed by atoms with Crippen LogP contribution in [0.1, 0.15) is 45.7 Å². The van der Waals surface area contributed by atoms with Crippen molar-refractivity contribution in [2.24, 2.45) is 4.99 Å². The number of aliphatic imine (C=N–C) groups is 1. The fourth-order valence-electron chi connectivity index (χ4n) is 3.08. The second kappa shape index (κ2) is 7.64. The fraction of sp³-hybridized carbons (Fsp3) is 0.350. The summed E-state index contributed by atoms with van der Waals surface area (Å²) in [4.78, 5) is 30.7. The van der Waals surface area contributed by atoms with Gasteiger partial charge in [0.05, 0.1) is 23.7 Å². The molecule has 0 aliphatic carbocycles. The van der Waals surface area contributed by atoms with Crippen molar-refractivity contribution in [2.75, 3.05) is 0 Å². The molecule has 1 aromatic rings. The minimum absolute atomic E-state index is 0.170. The van der Waals surface area contributed by atoms with Crippen LogP contribution >= 0.6 is 23.4 Å². The highest BCUT2D eigenvalue weighted by molar-refractivity contribution is 8.16. The minimum Gasteiger partial charge on any atom is -0.481 e. The molecular weight excluding hydrogens is 400 g/mol. The molecule has 8 heteroatoms. The third-order valence-corrected chi connectivity index (χ3v) is 5.28. The second-order valence-corrected chi connectivity index (χ2v) is 8.79. The molecule has 1 N–H and O–H groups in total. The molecule has 0 radical (unpaired) electrons. The lowest BCUT2D eigenvalue weighted by Crippen LogP contribution is -2.38. The lowest BCUT2D eigenvalue weighted by atomic mass is 9.93. The Kier molecular flexibility index (Phi) is 5.59. The number of ether oxygens (including phenoxy) is 1. The summed E-state index contributed by atoms with van der Waals surface area (Å²) in [5.41, 5.74) is 1.65. The van der Waals surface area contributed by atoms with E-state index in [0.717, 1.165) is 5.56 Å². The number of carboxylic acids is 1. The van der Waals surface area contributed by atoms with Crippen molar-refractivity contribution in [3.63, 3.8) is 0 Å². The maximum atomic E-state index is 13.0. The molecular formula is C20H21ClN2O4S. The number of nitrogens with zero attached hydrogens (tertiary/aromatic N) is 2. The highest BCUT2D eigenvalue weighted by Crippen LogP contribution is 2.45. The minimum atomic E-state index is -0.951. The van der Waals surface area contributed by atoms with Crippen LogP contribution in [0.2, 0.25) is 5.02 Å². The van der Waals surface area contributed by atoms with Crippen LogP contribution in [0.3, 0.4) is 0 Å². The molecule has 0 fully saturated rings. The number of carbonyl (C=O) groups is 2. The molecule has 2 heterocycles. The van der Waals surface area contributed by atoms with Gasteiger partial charge in [-0.3, -0.25) is 4.79 Å². The van der Waals surface area contributed by atoms with Crippen molar-refractivity contribution in [1.29, 1.82) is 0 Å². The van der Waals surface area contributed by atoms with Gasteiger partial charge < -0.3 is 14.7 Å². The van der Waals surface area contributed by atoms with Crippen LogP contribution in [0.4, 0.5) is 0 Å². The number of carbonyl (C=O) groups excluding carboxylic acids is 1. The normalized spacial score (nSPS) is 19.2. The molecule has 0 spiro atoms. The van der Waals surface area contributed by atoms with E-state index < -0.39 is 23.6 Å². The summed E-state index contributed by atoms with van der Waals surface area (Å²) in [6.45, 7) is 7.17. The standard InChI is InChI=1S/C20H21ClN2O4S/c1-11-16(18(26)27-20(2,3)4)17(12-5-7-13(21)8-6-12)23-14(9-15(24)25)10-28-19(23)22-11/h5-8,10,17H,9H2,1-4H3,(H,24,25). The molecule has 0 saturated heterocycles. The van der Waals surface area contributed by atoms with Gasteiger partial charge in [0.25, 0.3) is 0 Å². The van der Waals surface area contributed by atoms with E-state index in [9.17, 15) is 14.7 Å². The molecule has 6 nitrogen and oxygen atoms in total. The van der Waals surface area contributed by atoms with Crippen LogP contribution < -0.4 is 0 Å². The predicted octanol–water partition coefficient (Wildman–Crippen LogP) is 4.73. The summed E-state index contributed by atoms with van der Waals surface area (Å²) >= 11 is 7.39. The van der Waals surface area contributed by atoms with Gasteiger partial charge >= 0.3 is 11.9 Å². The van der Waals surface area contributed by atoms with Crippen molar-refractivity contribution < 1.29 is 19.4 Å². The SMILES string of the molecule is CC1=C(C(=O)OC(C)(C)C)C(c2ccc(Cl)cc2)N2C(CC(=O)O)=CSC2=N1. The van der Waals surface area contributed by atoms with E-state index in [1.807, 2.05) is 12.1 Å². The van der Waals surface area contributed by atoms with Crippen LogP contribution in [-0.4, -0.2) is 32.7 Å². The number of halogens is 1. The van der Waals surface area contributed by atoms with E-state index in [4.69, 9.17) is 16.3 Å². The number of thioether (sulfide) groups is 1. The van der Waals surface area contributed by atoms with Crippen LogP contribution in [0.25, 0.3) is 0 Å². The predicted molar refractivity (Wildman–Crippen MR) is 110 cm³/mol. The third-order valence-electron chi connectivity index (χ3n) is 4.14. The van der Waals surface area contributed by atoms with Crippen molar-refractivity contribution in [2.45, 2.75) is 45.8 Å². The van der Waals surface area contributed by atoms with Crippen molar-refractivity contribution >= 4 is 40.5 Å². The van der Waals surface area contributed by atoms with Crippen molar-refractivity contribution in [3.05, 3.63) is 57.2 Å². The second-order valence-electron chi connectivity index (χ2n) is 7.52. The van der Waals surface area contributed by atoms with E-state index in [1.54, 1.807) is 50.1 Å². The number of benzene rings is 1. The quantitative estimate of drug-likeness (QED) is 0.709. The molecule has 148 valence electrons. The molecule has 0 aromatic heterocycles. The Bertz CT molecular complexity index is 913. The maximum Gasteiger partial charge on any atom is 0.338 e. The first kappa shape index (κ1) is 20.5. The van der Waals surface area contributed by atoms with Gasteiger partial charge in [-0.05, 0) is 50.8 Å². The summed E-state index contributed by atoms with van der Waals surface area (Å²) in [5.74, 6) is -1.42. The van der Waals surface area contributed by atoms with Gasteiger partial charge in [-0.2, -0.15) is 0 Å². The lowest BCUT2D eigenvalue weighted by Gasteiger charge is -2.37. The Morgan fingerprint density at radius 1 is 1.29 bits per heavy atom. The van der Waals surface area contributed by atoms with Gasteiger partial charge in [0.2, 0.25) is 0 Å². The van der Waals surface area contributed by atoms with E-state index in [1.165, 1.54) is 11.8 Å². The topological polar surface area (TPSA) is 79.2 Å². The summed E-state index contributed by atoms with van der Waals surface area (Å²) < 4.78 is 5.63. The van der Waals surface area contributed by atoms with E-state index in [0.29, 0.717) is 27.2 Å². The third kappa shape index (κ3) is 4.25. The van der Waals surface area contributed by atoms with Crippen molar-refractivity contribution in [1.82, 2.24) is 4.90 Å². The molecule has 1 aromatic carbocycles. The van der Waals surface area contributed by atoms with Crippen molar-refractivity contribution in [3.8, 4) is 0 Å². The molecule has 0 amide bonds. The number of hydrogen-bond acceptors (Lipinski definition) is 6.